The first kappa shape index (κ1) is 14.7. The average Bonchev–Trinajstić information content (AvgIpc) is 2.55. The van der Waals surface area contributed by atoms with E-state index in [0.717, 1.165) is 34.7 Å². The first-order chi connectivity index (χ1) is 10.7. The summed E-state index contributed by atoms with van der Waals surface area (Å²) in [7, 11) is 0. The number of halogens is 1. The van der Waals surface area contributed by atoms with Crippen molar-refractivity contribution in [3.8, 4) is 5.75 Å². The zero-order valence-electron chi connectivity index (χ0n) is 12.0. The molecule has 0 aromatic heterocycles. The van der Waals surface area contributed by atoms with Gasteiger partial charge in [-0.25, -0.2) is 0 Å². The van der Waals surface area contributed by atoms with Crippen LogP contribution in [0.4, 0.5) is 5.69 Å². The summed E-state index contributed by atoms with van der Waals surface area (Å²) in [6.07, 6.45) is 4.25. The van der Waals surface area contributed by atoms with Crippen LogP contribution < -0.4 is 10.1 Å². The number of carbonyl (C=O) groups excluding carboxylic acids is 1. The van der Waals surface area contributed by atoms with Crippen molar-refractivity contribution < 1.29 is 9.53 Å². The van der Waals surface area contributed by atoms with Gasteiger partial charge < -0.3 is 10.1 Å². The van der Waals surface area contributed by atoms with E-state index in [1.54, 1.807) is 0 Å². The van der Waals surface area contributed by atoms with E-state index < -0.39 is 0 Å². The molecule has 4 heteroatoms. The highest BCUT2D eigenvalue weighted by Gasteiger charge is 2.16. The van der Waals surface area contributed by atoms with Crippen molar-refractivity contribution in [2.75, 3.05) is 11.9 Å². The van der Waals surface area contributed by atoms with Crippen molar-refractivity contribution >= 4 is 28.6 Å². The Bertz CT molecular complexity index is 711. The number of hydrogen-bond donors (Lipinski definition) is 1. The van der Waals surface area contributed by atoms with Gasteiger partial charge in [0.1, 0.15) is 12.4 Å². The summed E-state index contributed by atoms with van der Waals surface area (Å²) < 4.78 is 5.94. The predicted octanol–water partition coefficient (Wildman–Crippen LogP) is 4.01. The van der Waals surface area contributed by atoms with Gasteiger partial charge >= 0.3 is 0 Å². The molecule has 2 aromatic carbocycles. The molecule has 3 rings (SSSR count). The molecule has 0 bridgehead atoms. The molecule has 0 saturated carbocycles. The Morgan fingerprint density at radius 1 is 1.18 bits per heavy atom. The minimum atomic E-state index is -0.362. The average molecular weight is 314 g/mol. The van der Waals surface area contributed by atoms with E-state index in [9.17, 15) is 4.79 Å². The van der Waals surface area contributed by atoms with Gasteiger partial charge in [0, 0.05) is 18.5 Å². The third kappa shape index (κ3) is 3.31. The van der Waals surface area contributed by atoms with E-state index in [1.807, 2.05) is 54.6 Å². The summed E-state index contributed by atoms with van der Waals surface area (Å²) in [4.78, 5) is 11.2. The maximum atomic E-state index is 11.2. The predicted molar refractivity (Wildman–Crippen MR) is 89.3 cm³/mol. The van der Waals surface area contributed by atoms with Crippen molar-refractivity contribution in [3.63, 3.8) is 0 Å². The van der Waals surface area contributed by atoms with Crippen molar-refractivity contribution in [1.82, 2.24) is 0 Å². The number of nitrogens with one attached hydrogen (secondary N) is 1. The lowest BCUT2D eigenvalue weighted by molar-refractivity contribution is -0.111. The Kier molecular flexibility index (Phi) is 4.45. The first-order valence-corrected chi connectivity index (χ1v) is 7.53. The van der Waals surface area contributed by atoms with E-state index >= 15 is 0 Å². The summed E-state index contributed by atoms with van der Waals surface area (Å²) in [6.45, 7) is 1.25. The molecular formula is C18H16ClNO2. The molecule has 1 heterocycles. The monoisotopic (exact) mass is 313 g/mol. The van der Waals surface area contributed by atoms with Crippen LogP contribution in [0.1, 0.15) is 16.7 Å². The highest BCUT2D eigenvalue weighted by atomic mass is 35.5. The Morgan fingerprint density at radius 3 is 2.77 bits per heavy atom. The SMILES string of the molecule is O=C(Cl)Cc1ccc(OCc2ccccc2)c2c1C=CCN2. The largest absolute Gasteiger partial charge is 0.487 e. The standard InChI is InChI=1S/C18H16ClNO2/c19-17(21)11-14-8-9-16(18-15(14)7-4-10-20-18)22-12-13-5-2-1-3-6-13/h1-9,20H,10-12H2. The molecule has 0 fully saturated rings. The van der Waals surface area contributed by atoms with Crippen molar-refractivity contribution in [2.24, 2.45) is 0 Å². The van der Waals surface area contributed by atoms with Gasteiger partial charge in [-0.2, -0.15) is 0 Å². The smallest absolute Gasteiger partial charge is 0.226 e. The number of benzene rings is 2. The normalized spacial score (nSPS) is 12.4. The fourth-order valence-corrected chi connectivity index (χ4v) is 2.66. The lowest BCUT2D eigenvalue weighted by Gasteiger charge is -2.20. The van der Waals surface area contributed by atoms with Gasteiger partial charge in [-0.05, 0) is 28.8 Å². The Hall–Kier alpha value is -2.26. The number of carbonyl (C=O) groups is 1. The van der Waals surface area contributed by atoms with Crippen molar-refractivity contribution in [1.29, 1.82) is 0 Å². The Labute approximate surface area is 134 Å². The number of hydrogen-bond acceptors (Lipinski definition) is 3. The van der Waals surface area contributed by atoms with Crippen LogP contribution >= 0.6 is 11.6 Å². The zero-order chi connectivity index (χ0) is 15.4. The second-order valence-electron chi connectivity index (χ2n) is 5.10. The van der Waals surface area contributed by atoms with Gasteiger partial charge in [0.15, 0.2) is 0 Å². The highest BCUT2D eigenvalue weighted by Crippen LogP contribution is 2.35. The molecule has 112 valence electrons. The molecule has 0 atom stereocenters. The summed E-state index contributed by atoms with van der Waals surface area (Å²) in [5.74, 6) is 0.786. The van der Waals surface area contributed by atoms with Crippen molar-refractivity contribution in [3.05, 3.63) is 65.2 Å². The molecule has 0 amide bonds. The van der Waals surface area contributed by atoms with Crippen LogP contribution in [0.2, 0.25) is 0 Å². The van der Waals surface area contributed by atoms with Crippen LogP contribution in [0.3, 0.4) is 0 Å². The van der Waals surface area contributed by atoms with Crippen LogP contribution in [0.25, 0.3) is 6.08 Å². The molecule has 0 radical (unpaired) electrons. The molecule has 0 aliphatic carbocycles. The van der Waals surface area contributed by atoms with Gasteiger partial charge in [-0.3, -0.25) is 4.79 Å². The molecule has 3 nitrogen and oxygen atoms in total. The van der Waals surface area contributed by atoms with Gasteiger partial charge in [-0.1, -0.05) is 48.6 Å². The molecule has 0 unspecified atom stereocenters. The summed E-state index contributed by atoms with van der Waals surface area (Å²) in [5, 5.41) is 2.95. The van der Waals surface area contributed by atoms with Crippen LogP contribution in [0, 0.1) is 0 Å². The third-order valence-electron chi connectivity index (χ3n) is 3.55. The van der Waals surface area contributed by atoms with E-state index in [2.05, 4.69) is 5.32 Å². The summed E-state index contributed by atoms with van der Waals surface area (Å²) in [5.41, 5.74) is 3.92. The van der Waals surface area contributed by atoms with E-state index in [1.165, 1.54) is 0 Å². The Morgan fingerprint density at radius 2 is 2.00 bits per heavy atom. The minimum absolute atomic E-state index is 0.217. The number of fused-ring (bicyclic) bond motifs is 1. The van der Waals surface area contributed by atoms with Crippen LogP contribution in [-0.2, 0) is 17.8 Å². The molecule has 0 spiro atoms. The maximum absolute atomic E-state index is 11.2. The van der Waals surface area contributed by atoms with Gasteiger partial charge in [0.25, 0.3) is 0 Å². The minimum Gasteiger partial charge on any atom is -0.487 e. The lowest BCUT2D eigenvalue weighted by atomic mass is 9.99. The van der Waals surface area contributed by atoms with Crippen LogP contribution in [0.5, 0.6) is 5.75 Å². The topological polar surface area (TPSA) is 38.3 Å². The number of ether oxygens (including phenoxy) is 1. The molecule has 22 heavy (non-hydrogen) atoms. The molecular weight excluding hydrogens is 298 g/mol. The fourth-order valence-electron chi connectivity index (χ4n) is 2.51. The van der Waals surface area contributed by atoms with Gasteiger partial charge in [0.05, 0.1) is 5.69 Å². The number of anilines is 1. The second kappa shape index (κ2) is 6.67. The highest BCUT2D eigenvalue weighted by molar-refractivity contribution is 6.63. The van der Waals surface area contributed by atoms with E-state index in [0.29, 0.717) is 6.61 Å². The van der Waals surface area contributed by atoms with Gasteiger partial charge in [0.2, 0.25) is 5.24 Å². The third-order valence-corrected chi connectivity index (χ3v) is 3.68. The van der Waals surface area contributed by atoms with Crippen LogP contribution in [0.15, 0.2) is 48.5 Å². The fraction of sp³-hybridized carbons (Fsp3) is 0.167. The van der Waals surface area contributed by atoms with Crippen LogP contribution in [-0.4, -0.2) is 11.8 Å². The quantitative estimate of drug-likeness (QED) is 0.848. The Balaban J connectivity index is 1.86. The van der Waals surface area contributed by atoms with E-state index in [-0.39, 0.29) is 11.7 Å². The molecule has 1 aliphatic heterocycles. The van der Waals surface area contributed by atoms with Crippen molar-refractivity contribution in [2.45, 2.75) is 13.0 Å². The summed E-state index contributed by atoms with van der Waals surface area (Å²) >= 11 is 5.52. The molecule has 1 aliphatic rings. The lowest BCUT2D eigenvalue weighted by Crippen LogP contribution is -2.10. The maximum Gasteiger partial charge on any atom is 0.226 e. The second-order valence-corrected chi connectivity index (χ2v) is 5.52. The summed E-state index contributed by atoms with van der Waals surface area (Å²) in [6, 6.07) is 13.8. The molecule has 2 aromatic rings. The zero-order valence-corrected chi connectivity index (χ0v) is 12.8. The number of rotatable bonds is 5. The first-order valence-electron chi connectivity index (χ1n) is 7.15. The van der Waals surface area contributed by atoms with E-state index in [4.69, 9.17) is 16.3 Å². The van der Waals surface area contributed by atoms with Gasteiger partial charge in [-0.15, -0.1) is 0 Å². The molecule has 0 saturated heterocycles. The molecule has 1 N–H and O–H groups in total.